The summed E-state index contributed by atoms with van der Waals surface area (Å²) in [5.74, 6) is -0.886. The SMILES string of the molecule is O=C(O)c1ccc(Cl)cc1N1CC2(CC2)C1. The highest BCUT2D eigenvalue weighted by Gasteiger charge is 2.52. The first kappa shape index (κ1) is 9.97. The van der Waals surface area contributed by atoms with Crippen LogP contribution < -0.4 is 4.90 Å². The van der Waals surface area contributed by atoms with Gasteiger partial charge in [-0.05, 0) is 31.0 Å². The number of rotatable bonds is 2. The van der Waals surface area contributed by atoms with E-state index >= 15 is 0 Å². The molecule has 4 heteroatoms. The Balaban J connectivity index is 1.92. The van der Waals surface area contributed by atoms with Crippen molar-refractivity contribution in [1.29, 1.82) is 0 Å². The summed E-state index contributed by atoms with van der Waals surface area (Å²) < 4.78 is 0. The predicted octanol–water partition coefficient (Wildman–Crippen LogP) is 2.64. The summed E-state index contributed by atoms with van der Waals surface area (Å²) in [4.78, 5) is 13.2. The highest BCUT2D eigenvalue weighted by atomic mass is 35.5. The van der Waals surface area contributed by atoms with Gasteiger partial charge in [0, 0.05) is 23.5 Å². The van der Waals surface area contributed by atoms with E-state index in [9.17, 15) is 4.79 Å². The molecular weight excluding hydrogens is 226 g/mol. The third-order valence-electron chi connectivity index (χ3n) is 3.54. The number of hydrogen-bond acceptors (Lipinski definition) is 2. The number of carboxylic acids is 1. The summed E-state index contributed by atoms with van der Waals surface area (Å²) in [7, 11) is 0. The van der Waals surface area contributed by atoms with E-state index < -0.39 is 5.97 Å². The zero-order chi connectivity index (χ0) is 11.3. The molecule has 1 aliphatic heterocycles. The Hall–Kier alpha value is -1.22. The first-order chi connectivity index (χ1) is 7.60. The highest BCUT2D eigenvalue weighted by molar-refractivity contribution is 6.31. The highest BCUT2D eigenvalue weighted by Crippen LogP contribution is 2.54. The van der Waals surface area contributed by atoms with Gasteiger partial charge in [-0.25, -0.2) is 4.79 Å². The van der Waals surface area contributed by atoms with Crippen LogP contribution in [-0.4, -0.2) is 24.2 Å². The number of benzene rings is 1. The van der Waals surface area contributed by atoms with Crippen molar-refractivity contribution in [1.82, 2.24) is 0 Å². The molecule has 1 saturated heterocycles. The van der Waals surface area contributed by atoms with E-state index in [0.717, 1.165) is 18.8 Å². The van der Waals surface area contributed by atoms with E-state index in [2.05, 4.69) is 4.90 Å². The standard InChI is InChI=1S/C12H12ClNO2/c13-8-1-2-9(11(15)16)10(5-8)14-6-12(7-14)3-4-12/h1-2,5H,3-4,6-7H2,(H,15,16). The van der Waals surface area contributed by atoms with E-state index in [-0.39, 0.29) is 0 Å². The van der Waals surface area contributed by atoms with Crippen LogP contribution in [-0.2, 0) is 0 Å². The Kier molecular flexibility index (Phi) is 1.96. The third-order valence-corrected chi connectivity index (χ3v) is 3.78. The van der Waals surface area contributed by atoms with Gasteiger partial charge in [-0.3, -0.25) is 0 Å². The molecular formula is C12H12ClNO2. The number of carboxylic acid groups (broad SMARTS) is 1. The molecule has 2 fully saturated rings. The van der Waals surface area contributed by atoms with Crippen molar-refractivity contribution in [3.63, 3.8) is 0 Å². The van der Waals surface area contributed by atoms with Gasteiger partial charge in [-0.1, -0.05) is 11.6 Å². The molecule has 0 aromatic heterocycles. The van der Waals surface area contributed by atoms with Crippen molar-refractivity contribution in [3.8, 4) is 0 Å². The second-order valence-electron chi connectivity index (χ2n) is 4.82. The largest absolute Gasteiger partial charge is 0.478 e. The number of aromatic carboxylic acids is 1. The average molecular weight is 238 g/mol. The molecule has 1 N–H and O–H groups in total. The number of hydrogen-bond donors (Lipinski definition) is 1. The van der Waals surface area contributed by atoms with Crippen LogP contribution in [0.5, 0.6) is 0 Å². The lowest BCUT2D eigenvalue weighted by Gasteiger charge is -2.42. The molecule has 1 aliphatic carbocycles. The van der Waals surface area contributed by atoms with Gasteiger partial charge in [0.1, 0.15) is 0 Å². The Morgan fingerprint density at radius 3 is 2.62 bits per heavy atom. The molecule has 0 radical (unpaired) electrons. The summed E-state index contributed by atoms with van der Waals surface area (Å²) in [6.45, 7) is 1.96. The topological polar surface area (TPSA) is 40.5 Å². The zero-order valence-corrected chi connectivity index (χ0v) is 9.50. The maximum absolute atomic E-state index is 11.1. The minimum Gasteiger partial charge on any atom is -0.478 e. The Morgan fingerprint density at radius 2 is 2.06 bits per heavy atom. The van der Waals surface area contributed by atoms with Gasteiger partial charge in [0.05, 0.1) is 11.3 Å². The lowest BCUT2D eigenvalue weighted by Crippen LogP contribution is -2.49. The predicted molar refractivity (Wildman–Crippen MR) is 62.3 cm³/mol. The van der Waals surface area contributed by atoms with Crippen molar-refractivity contribution < 1.29 is 9.90 Å². The molecule has 3 nitrogen and oxygen atoms in total. The molecule has 84 valence electrons. The maximum atomic E-state index is 11.1. The lowest BCUT2D eigenvalue weighted by atomic mass is 9.95. The first-order valence-electron chi connectivity index (χ1n) is 5.38. The van der Waals surface area contributed by atoms with Gasteiger partial charge >= 0.3 is 5.97 Å². The number of carbonyl (C=O) groups is 1. The Morgan fingerprint density at radius 1 is 1.38 bits per heavy atom. The molecule has 1 spiro atoms. The third kappa shape index (κ3) is 1.47. The van der Waals surface area contributed by atoms with Crippen molar-refractivity contribution >= 4 is 23.3 Å². The molecule has 2 aliphatic rings. The van der Waals surface area contributed by atoms with Gasteiger partial charge in [0.2, 0.25) is 0 Å². The van der Waals surface area contributed by atoms with Crippen molar-refractivity contribution in [2.45, 2.75) is 12.8 Å². The Bertz CT molecular complexity index is 460. The maximum Gasteiger partial charge on any atom is 0.337 e. The molecule has 16 heavy (non-hydrogen) atoms. The van der Waals surface area contributed by atoms with Crippen LogP contribution in [0.3, 0.4) is 0 Å². The minimum atomic E-state index is -0.886. The van der Waals surface area contributed by atoms with Crippen LogP contribution >= 0.6 is 11.6 Å². The van der Waals surface area contributed by atoms with Gasteiger partial charge in [-0.15, -0.1) is 0 Å². The van der Waals surface area contributed by atoms with Crippen LogP contribution in [0.2, 0.25) is 5.02 Å². The van der Waals surface area contributed by atoms with Crippen LogP contribution in [0.4, 0.5) is 5.69 Å². The van der Waals surface area contributed by atoms with E-state index in [4.69, 9.17) is 16.7 Å². The minimum absolute atomic E-state index is 0.347. The van der Waals surface area contributed by atoms with Crippen LogP contribution in [0.15, 0.2) is 18.2 Å². The van der Waals surface area contributed by atoms with Crippen LogP contribution in [0.25, 0.3) is 0 Å². The van der Waals surface area contributed by atoms with Crippen LogP contribution in [0, 0.1) is 5.41 Å². The van der Waals surface area contributed by atoms with Crippen molar-refractivity contribution in [3.05, 3.63) is 28.8 Å². The fraction of sp³-hybridized carbons (Fsp3) is 0.417. The number of nitrogens with zero attached hydrogens (tertiary/aromatic N) is 1. The molecule has 1 aromatic carbocycles. The Labute approximate surface area is 98.6 Å². The van der Waals surface area contributed by atoms with Gasteiger partial charge in [0.25, 0.3) is 0 Å². The lowest BCUT2D eigenvalue weighted by molar-refractivity contribution is 0.0697. The molecule has 0 amide bonds. The quantitative estimate of drug-likeness (QED) is 0.860. The van der Waals surface area contributed by atoms with Crippen molar-refractivity contribution in [2.24, 2.45) is 5.41 Å². The van der Waals surface area contributed by atoms with E-state index in [1.807, 2.05) is 0 Å². The molecule has 0 bridgehead atoms. The number of halogens is 1. The fourth-order valence-electron chi connectivity index (χ4n) is 2.37. The fourth-order valence-corrected chi connectivity index (χ4v) is 2.54. The molecule has 1 heterocycles. The second kappa shape index (κ2) is 3.14. The zero-order valence-electron chi connectivity index (χ0n) is 8.74. The normalized spacial score (nSPS) is 20.7. The monoisotopic (exact) mass is 237 g/mol. The van der Waals surface area contributed by atoms with Gasteiger partial charge in [-0.2, -0.15) is 0 Å². The molecule has 1 saturated carbocycles. The molecule has 0 unspecified atom stereocenters. The summed E-state index contributed by atoms with van der Waals surface area (Å²) in [5.41, 5.74) is 1.62. The summed E-state index contributed by atoms with van der Waals surface area (Å²) in [6.07, 6.45) is 2.57. The summed E-state index contributed by atoms with van der Waals surface area (Å²) in [6, 6.07) is 4.96. The summed E-state index contributed by atoms with van der Waals surface area (Å²) in [5, 5.41) is 9.70. The smallest absolute Gasteiger partial charge is 0.337 e. The average Bonchev–Trinajstić information content (AvgIpc) is 2.94. The number of anilines is 1. The second-order valence-corrected chi connectivity index (χ2v) is 5.26. The van der Waals surface area contributed by atoms with E-state index in [1.165, 1.54) is 12.8 Å². The first-order valence-corrected chi connectivity index (χ1v) is 5.75. The van der Waals surface area contributed by atoms with Gasteiger partial charge in [0.15, 0.2) is 0 Å². The molecule has 1 aromatic rings. The molecule has 3 rings (SSSR count). The molecule has 0 atom stereocenters. The van der Waals surface area contributed by atoms with E-state index in [0.29, 0.717) is 16.0 Å². The van der Waals surface area contributed by atoms with E-state index in [1.54, 1.807) is 18.2 Å². The van der Waals surface area contributed by atoms with Crippen LogP contribution in [0.1, 0.15) is 23.2 Å². The van der Waals surface area contributed by atoms with Crippen molar-refractivity contribution in [2.75, 3.05) is 18.0 Å². The summed E-state index contributed by atoms with van der Waals surface area (Å²) >= 11 is 5.91. The van der Waals surface area contributed by atoms with Gasteiger partial charge < -0.3 is 10.0 Å².